The summed E-state index contributed by atoms with van der Waals surface area (Å²) in [5.74, 6) is 2.95. The van der Waals surface area contributed by atoms with Crippen molar-refractivity contribution in [2.75, 3.05) is 25.1 Å². The molecule has 0 bridgehead atoms. The normalized spacial score (nSPS) is 22.9. The lowest BCUT2D eigenvalue weighted by Gasteiger charge is -2.18. The van der Waals surface area contributed by atoms with E-state index in [9.17, 15) is 0 Å². The lowest BCUT2D eigenvalue weighted by Crippen LogP contribution is -2.22. The number of fused-ring (bicyclic) bond motifs is 1. The molecule has 2 aliphatic rings. The summed E-state index contributed by atoms with van der Waals surface area (Å²) in [4.78, 5) is 11.5. The van der Waals surface area contributed by atoms with E-state index in [-0.39, 0.29) is 0 Å². The van der Waals surface area contributed by atoms with Crippen LogP contribution in [0.3, 0.4) is 0 Å². The van der Waals surface area contributed by atoms with Crippen molar-refractivity contribution in [3.8, 4) is 11.3 Å². The van der Waals surface area contributed by atoms with Crippen molar-refractivity contribution in [2.24, 2.45) is 11.8 Å². The van der Waals surface area contributed by atoms with E-state index in [2.05, 4.69) is 27.0 Å². The van der Waals surface area contributed by atoms with E-state index in [1.165, 1.54) is 19.5 Å². The summed E-state index contributed by atoms with van der Waals surface area (Å²) < 4.78 is 4.91. The lowest BCUT2D eigenvalue weighted by molar-refractivity contribution is 0.341. The van der Waals surface area contributed by atoms with Gasteiger partial charge in [-0.25, -0.2) is 4.98 Å². The van der Waals surface area contributed by atoms with Gasteiger partial charge in [-0.3, -0.25) is 4.98 Å². The molecule has 0 aromatic carbocycles. The molecule has 2 aromatic rings. The zero-order chi connectivity index (χ0) is 14.9. The first kappa shape index (κ1) is 13.3. The number of rotatable bonds is 4. The van der Waals surface area contributed by atoms with Crippen molar-refractivity contribution < 1.29 is 4.74 Å². The summed E-state index contributed by atoms with van der Waals surface area (Å²) in [5, 5.41) is 0. The molecule has 2 atom stereocenters. The van der Waals surface area contributed by atoms with Gasteiger partial charge >= 0.3 is 0 Å². The van der Waals surface area contributed by atoms with Crippen molar-refractivity contribution in [1.82, 2.24) is 9.97 Å². The topological polar surface area (TPSA) is 38.2 Å². The SMILES string of the molecule is COC=Cc1ccc(-c2ccc(N3CC4CC4C3)nc2)nc1. The summed E-state index contributed by atoms with van der Waals surface area (Å²) in [6.07, 6.45) is 8.71. The van der Waals surface area contributed by atoms with Gasteiger partial charge in [0, 0.05) is 31.0 Å². The molecule has 4 heteroatoms. The zero-order valence-corrected chi connectivity index (χ0v) is 12.6. The number of aromatic nitrogens is 2. The van der Waals surface area contributed by atoms with Gasteiger partial charge in [0.25, 0.3) is 0 Å². The van der Waals surface area contributed by atoms with Crippen LogP contribution >= 0.6 is 0 Å². The maximum absolute atomic E-state index is 4.91. The number of anilines is 1. The summed E-state index contributed by atoms with van der Waals surface area (Å²) in [6, 6.07) is 8.26. The number of ether oxygens (including phenoxy) is 1. The highest BCUT2D eigenvalue weighted by Crippen LogP contribution is 2.45. The molecule has 22 heavy (non-hydrogen) atoms. The second-order valence-corrected chi connectivity index (χ2v) is 6.08. The number of pyridine rings is 2. The predicted octanol–water partition coefficient (Wildman–Crippen LogP) is 3.22. The third-order valence-electron chi connectivity index (χ3n) is 4.53. The van der Waals surface area contributed by atoms with Gasteiger partial charge in [0.15, 0.2) is 0 Å². The van der Waals surface area contributed by atoms with Crippen LogP contribution in [0.1, 0.15) is 12.0 Å². The number of hydrogen-bond acceptors (Lipinski definition) is 4. The van der Waals surface area contributed by atoms with Crippen molar-refractivity contribution in [2.45, 2.75) is 6.42 Å². The minimum absolute atomic E-state index is 0.927. The van der Waals surface area contributed by atoms with Gasteiger partial charge < -0.3 is 9.64 Å². The number of piperidine rings is 1. The Morgan fingerprint density at radius 2 is 1.95 bits per heavy atom. The van der Waals surface area contributed by atoms with Crippen LogP contribution in [0.4, 0.5) is 5.82 Å². The van der Waals surface area contributed by atoms with Gasteiger partial charge in [0.05, 0.1) is 19.1 Å². The Morgan fingerprint density at radius 3 is 2.59 bits per heavy atom. The Labute approximate surface area is 130 Å². The summed E-state index contributed by atoms with van der Waals surface area (Å²) in [5.41, 5.74) is 3.01. The highest BCUT2D eigenvalue weighted by molar-refractivity contribution is 5.61. The van der Waals surface area contributed by atoms with Crippen LogP contribution in [0, 0.1) is 11.8 Å². The Balaban J connectivity index is 1.49. The molecule has 0 spiro atoms. The standard InChI is InChI=1S/C18H19N3O/c1-22-7-6-13-2-4-17(19-9-13)14-3-5-18(20-10-14)21-11-15-8-16(15)12-21/h2-7,9-10,15-16H,8,11-12H2,1H3. The minimum Gasteiger partial charge on any atom is -0.504 e. The molecule has 4 nitrogen and oxygen atoms in total. The molecule has 2 unspecified atom stereocenters. The quantitative estimate of drug-likeness (QED) is 0.811. The second kappa shape index (κ2) is 5.44. The average Bonchev–Trinajstić information content (AvgIpc) is 3.19. The van der Waals surface area contributed by atoms with Crippen molar-refractivity contribution in [3.63, 3.8) is 0 Å². The number of nitrogens with zero attached hydrogens (tertiary/aromatic N) is 3. The highest BCUT2D eigenvalue weighted by Gasteiger charge is 2.45. The number of hydrogen-bond donors (Lipinski definition) is 0. The summed E-state index contributed by atoms with van der Waals surface area (Å²) in [6.45, 7) is 2.35. The fraction of sp³-hybridized carbons (Fsp3) is 0.333. The maximum Gasteiger partial charge on any atom is 0.128 e. The molecule has 1 saturated heterocycles. The third kappa shape index (κ3) is 2.56. The average molecular weight is 293 g/mol. The predicted molar refractivity (Wildman–Crippen MR) is 87.3 cm³/mol. The van der Waals surface area contributed by atoms with Crippen LogP contribution in [0.15, 0.2) is 42.9 Å². The van der Waals surface area contributed by atoms with Gasteiger partial charge in [-0.1, -0.05) is 6.07 Å². The summed E-state index contributed by atoms with van der Waals surface area (Å²) >= 11 is 0. The zero-order valence-electron chi connectivity index (χ0n) is 12.6. The van der Waals surface area contributed by atoms with Gasteiger partial charge in [-0.15, -0.1) is 0 Å². The van der Waals surface area contributed by atoms with E-state index in [0.717, 1.165) is 34.5 Å². The van der Waals surface area contributed by atoms with Gasteiger partial charge in [0.1, 0.15) is 5.82 Å². The molecule has 0 N–H and O–H groups in total. The Hall–Kier alpha value is -2.36. The fourth-order valence-corrected chi connectivity index (χ4v) is 3.13. The molecule has 112 valence electrons. The Bertz CT molecular complexity index is 668. The van der Waals surface area contributed by atoms with E-state index >= 15 is 0 Å². The van der Waals surface area contributed by atoms with E-state index in [1.54, 1.807) is 13.4 Å². The Morgan fingerprint density at radius 1 is 1.09 bits per heavy atom. The molecule has 1 aliphatic heterocycles. The first-order valence-electron chi connectivity index (χ1n) is 7.70. The molecule has 2 aromatic heterocycles. The first-order chi connectivity index (χ1) is 10.8. The van der Waals surface area contributed by atoms with Gasteiger partial charge in [-0.05, 0) is 48.1 Å². The molecule has 2 fully saturated rings. The van der Waals surface area contributed by atoms with E-state index in [4.69, 9.17) is 4.74 Å². The Kier molecular flexibility index (Phi) is 3.29. The van der Waals surface area contributed by atoms with Crippen molar-refractivity contribution >= 4 is 11.9 Å². The molecule has 0 amide bonds. The first-order valence-corrected chi connectivity index (χ1v) is 7.70. The molecule has 0 radical (unpaired) electrons. The molecule has 4 rings (SSSR count). The van der Waals surface area contributed by atoms with Crippen LogP contribution in [0.25, 0.3) is 17.3 Å². The maximum atomic E-state index is 4.91. The summed E-state index contributed by atoms with van der Waals surface area (Å²) in [7, 11) is 1.63. The second-order valence-electron chi connectivity index (χ2n) is 6.08. The third-order valence-corrected chi connectivity index (χ3v) is 4.53. The monoisotopic (exact) mass is 293 g/mol. The molecular formula is C18H19N3O. The van der Waals surface area contributed by atoms with Crippen molar-refractivity contribution in [1.29, 1.82) is 0 Å². The van der Waals surface area contributed by atoms with Gasteiger partial charge in [-0.2, -0.15) is 0 Å². The highest BCUT2D eigenvalue weighted by atomic mass is 16.5. The van der Waals surface area contributed by atoms with Crippen LogP contribution in [0.5, 0.6) is 0 Å². The molecular weight excluding hydrogens is 274 g/mol. The van der Waals surface area contributed by atoms with Crippen molar-refractivity contribution in [3.05, 3.63) is 48.5 Å². The van der Waals surface area contributed by atoms with E-state index in [1.807, 2.05) is 30.6 Å². The fourth-order valence-electron chi connectivity index (χ4n) is 3.13. The molecule has 1 aliphatic carbocycles. The smallest absolute Gasteiger partial charge is 0.128 e. The number of methoxy groups -OCH3 is 1. The van der Waals surface area contributed by atoms with E-state index < -0.39 is 0 Å². The van der Waals surface area contributed by atoms with Crippen LogP contribution in [-0.2, 0) is 4.74 Å². The minimum atomic E-state index is 0.927. The molecule has 3 heterocycles. The lowest BCUT2D eigenvalue weighted by atomic mass is 10.1. The van der Waals surface area contributed by atoms with Gasteiger partial charge in [0.2, 0.25) is 0 Å². The van der Waals surface area contributed by atoms with E-state index in [0.29, 0.717) is 0 Å². The van der Waals surface area contributed by atoms with Crippen LogP contribution < -0.4 is 4.90 Å². The van der Waals surface area contributed by atoms with Crippen LogP contribution in [0.2, 0.25) is 0 Å². The largest absolute Gasteiger partial charge is 0.504 e. The molecule has 1 saturated carbocycles. The van der Waals surface area contributed by atoms with Crippen LogP contribution in [-0.4, -0.2) is 30.2 Å².